The van der Waals surface area contributed by atoms with E-state index in [0.717, 1.165) is 6.42 Å². The van der Waals surface area contributed by atoms with E-state index < -0.39 is 17.8 Å². The molecule has 2 atom stereocenters. The number of Topliss-reactive ketones (excluding diaryl/α,β-unsaturated/α-hetero) is 1. The predicted octanol–water partition coefficient (Wildman–Crippen LogP) is 3.15. The van der Waals surface area contributed by atoms with Crippen LogP contribution in [0, 0.1) is 11.8 Å². The molecule has 2 rings (SSSR count). The van der Waals surface area contributed by atoms with Gasteiger partial charge in [-0.05, 0) is 40.9 Å². The van der Waals surface area contributed by atoms with E-state index in [1.807, 2.05) is 0 Å². The third-order valence-electron chi connectivity index (χ3n) is 3.91. The van der Waals surface area contributed by atoms with E-state index in [1.54, 1.807) is 12.1 Å². The third kappa shape index (κ3) is 3.05. The van der Waals surface area contributed by atoms with Gasteiger partial charge < -0.3 is 14.6 Å². The van der Waals surface area contributed by atoms with Crippen molar-refractivity contribution >= 4 is 27.7 Å². The number of aliphatic carboxylic acids is 1. The smallest absolute Gasteiger partial charge is 0.307 e. The second-order valence-corrected chi connectivity index (χ2v) is 5.89. The van der Waals surface area contributed by atoms with Gasteiger partial charge in [0, 0.05) is 16.0 Å². The normalized spacial score (nSPS) is 21.1. The summed E-state index contributed by atoms with van der Waals surface area (Å²) in [5.74, 6) is -1.17. The Bertz CT molecular complexity index is 569. The molecular formula is C15H17BrO5. The first-order chi connectivity index (χ1) is 9.99. The maximum atomic E-state index is 12.7. The summed E-state index contributed by atoms with van der Waals surface area (Å²) >= 11 is 3.35. The van der Waals surface area contributed by atoms with Crippen molar-refractivity contribution in [1.82, 2.24) is 0 Å². The molecule has 1 aromatic rings. The van der Waals surface area contributed by atoms with E-state index in [9.17, 15) is 14.7 Å². The fourth-order valence-electron chi connectivity index (χ4n) is 2.81. The van der Waals surface area contributed by atoms with Gasteiger partial charge in [-0.2, -0.15) is 0 Å². The number of hydrogen-bond acceptors (Lipinski definition) is 4. The number of carboxylic acids is 1. The highest BCUT2D eigenvalue weighted by Crippen LogP contribution is 2.39. The molecule has 0 spiro atoms. The molecule has 6 heteroatoms. The lowest BCUT2D eigenvalue weighted by molar-refractivity contribution is -0.142. The van der Waals surface area contributed by atoms with Gasteiger partial charge in [0.05, 0.1) is 20.1 Å². The third-order valence-corrected chi connectivity index (χ3v) is 4.56. The summed E-state index contributed by atoms with van der Waals surface area (Å²) in [4.78, 5) is 23.9. The quantitative estimate of drug-likeness (QED) is 0.820. The predicted molar refractivity (Wildman–Crippen MR) is 80.0 cm³/mol. The number of halogens is 1. The number of carbonyl (C=O) groups excluding carboxylic acids is 1. The van der Waals surface area contributed by atoms with Gasteiger partial charge in [-0.15, -0.1) is 0 Å². The minimum atomic E-state index is -0.901. The van der Waals surface area contributed by atoms with E-state index in [-0.39, 0.29) is 5.78 Å². The molecule has 1 saturated carbocycles. The molecule has 0 amide bonds. The molecule has 1 aliphatic rings. The van der Waals surface area contributed by atoms with Crippen LogP contribution in [0.2, 0.25) is 0 Å². The van der Waals surface area contributed by atoms with E-state index in [2.05, 4.69) is 15.9 Å². The van der Waals surface area contributed by atoms with Gasteiger partial charge in [0.1, 0.15) is 0 Å². The molecule has 1 N–H and O–H groups in total. The van der Waals surface area contributed by atoms with Crippen LogP contribution < -0.4 is 9.47 Å². The molecule has 0 heterocycles. The Hall–Kier alpha value is -1.56. The number of carbonyl (C=O) groups is 2. The fourth-order valence-corrected chi connectivity index (χ4v) is 3.33. The SMILES string of the molecule is COc1cc(Br)c(C(=O)C2CCCC2C(=O)O)cc1OC. The van der Waals surface area contributed by atoms with Gasteiger partial charge in [0.2, 0.25) is 0 Å². The molecule has 0 radical (unpaired) electrons. The molecule has 0 aromatic heterocycles. The van der Waals surface area contributed by atoms with Crippen molar-refractivity contribution in [2.45, 2.75) is 19.3 Å². The van der Waals surface area contributed by atoms with Gasteiger partial charge in [-0.25, -0.2) is 0 Å². The second kappa shape index (κ2) is 6.47. The highest BCUT2D eigenvalue weighted by atomic mass is 79.9. The first-order valence-corrected chi connectivity index (χ1v) is 7.47. The molecule has 2 unspecified atom stereocenters. The molecule has 1 fully saturated rings. The first-order valence-electron chi connectivity index (χ1n) is 6.68. The summed E-state index contributed by atoms with van der Waals surface area (Å²) in [5, 5.41) is 9.22. The van der Waals surface area contributed by atoms with E-state index >= 15 is 0 Å². The largest absolute Gasteiger partial charge is 0.493 e. The van der Waals surface area contributed by atoms with Crippen LogP contribution in [0.5, 0.6) is 11.5 Å². The molecule has 0 aliphatic heterocycles. The van der Waals surface area contributed by atoms with Crippen LogP contribution in [0.4, 0.5) is 0 Å². The lowest BCUT2D eigenvalue weighted by atomic mass is 9.88. The minimum absolute atomic E-state index is 0.160. The summed E-state index contributed by atoms with van der Waals surface area (Å²) in [6, 6.07) is 3.26. The molecule has 5 nitrogen and oxygen atoms in total. The van der Waals surface area contributed by atoms with Gasteiger partial charge in [-0.1, -0.05) is 6.42 Å². The zero-order chi connectivity index (χ0) is 15.6. The summed E-state index contributed by atoms with van der Waals surface area (Å²) in [5.41, 5.74) is 0.436. The van der Waals surface area contributed by atoms with Gasteiger partial charge in [0.25, 0.3) is 0 Å². The molecule has 114 valence electrons. The molecule has 1 aliphatic carbocycles. The zero-order valence-electron chi connectivity index (χ0n) is 11.9. The Balaban J connectivity index is 2.37. The summed E-state index contributed by atoms with van der Waals surface area (Å²) < 4.78 is 11.0. The molecule has 0 bridgehead atoms. The Morgan fingerprint density at radius 3 is 2.29 bits per heavy atom. The lowest BCUT2D eigenvalue weighted by Crippen LogP contribution is -2.25. The highest BCUT2D eigenvalue weighted by molar-refractivity contribution is 9.10. The number of hydrogen-bond donors (Lipinski definition) is 1. The van der Waals surface area contributed by atoms with Crippen LogP contribution in [0.25, 0.3) is 0 Å². The van der Waals surface area contributed by atoms with Crippen LogP contribution in [0.15, 0.2) is 16.6 Å². The molecule has 1 aromatic carbocycles. The Morgan fingerprint density at radius 2 is 1.71 bits per heavy atom. The number of rotatable bonds is 5. The zero-order valence-corrected chi connectivity index (χ0v) is 13.5. The Labute approximate surface area is 131 Å². The monoisotopic (exact) mass is 356 g/mol. The van der Waals surface area contributed by atoms with Crippen LogP contribution >= 0.6 is 15.9 Å². The van der Waals surface area contributed by atoms with Crippen molar-refractivity contribution in [1.29, 1.82) is 0 Å². The maximum absolute atomic E-state index is 12.7. The lowest BCUT2D eigenvalue weighted by Gasteiger charge is -2.17. The average molecular weight is 357 g/mol. The number of ketones is 1. The Kier molecular flexibility index (Phi) is 4.88. The number of benzene rings is 1. The number of ether oxygens (including phenoxy) is 2. The average Bonchev–Trinajstić information content (AvgIpc) is 2.95. The van der Waals surface area contributed by atoms with Crippen molar-refractivity contribution < 1.29 is 24.2 Å². The van der Waals surface area contributed by atoms with Gasteiger partial charge in [-0.3, -0.25) is 9.59 Å². The molecular weight excluding hydrogens is 340 g/mol. The topological polar surface area (TPSA) is 72.8 Å². The fraction of sp³-hybridized carbons (Fsp3) is 0.467. The van der Waals surface area contributed by atoms with Gasteiger partial charge in [0.15, 0.2) is 17.3 Å². The highest BCUT2D eigenvalue weighted by Gasteiger charge is 2.38. The van der Waals surface area contributed by atoms with E-state index in [4.69, 9.17) is 9.47 Å². The Morgan fingerprint density at radius 1 is 1.14 bits per heavy atom. The van der Waals surface area contributed by atoms with Crippen molar-refractivity contribution in [2.24, 2.45) is 11.8 Å². The molecule has 0 saturated heterocycles. The summed E-state index contributed by atoms with van der Waals surface area (Å²) in [7, 11) is 3.01. The van der Waals surface area contributed by atoms with E-state index in [0.29, 0.717) is 34.4 Å². The summed E-state index contributed by atoms with van der Waals surface area (Å²) in [6.45, 7) is 0. The van der Waals surface area contributed by atoms with Crippen molar-refractivity contribution in [3.05, 3.63) is 22.2 Å². The number of carboxylic acid groups (broad SMARTS) is 1. The van der Waals surface area contributed by atoms with Crippen LogP contribution in [-0.4, -0.2) is 31.1 Å². The standard InChI is InChI=1S/C15H17BrO5/c1-20-12-6-10(11(16)7-13(12)21-2)14(17)8-4-3-5-9(8)15(18)19/h6-9H,3-5H2,1-2H3,(H,18,19). The van der Waals surface area contributed by atoms with Crippen molar-refractivity contribution in [3.8, 4) is 11.5 Å². The van der Waals surface area contributed by atoms with Crippen LogP contribution in [-0.2, 0) is 4.79 Å². The van der Waals surface area contributed by atoms with Gasteiger partial charge >= 0.3 is 5.97 Å². The van der Waals surface area contributed by atoms with Crippen LogP contribution in [0.1, 0.15) is 29.6 Å². The summed E-state index contributed by atoms with van der Waals surface area (Å²) in [6.07, 6.45) is 1.92. The van der Waals surface area contributed by atoms with Crippen molar-refractivity contribution in [3.63, 3.8) is 0 Å². The first kappa shape index (κ1) is 15.8. The number of methoxy groups -OCH3 is 2. The van der Waals surface area contributed by atoms with Crippen LogP contribution in [0.3, 0.4) is 0 Å². The van der Waals surface area contributed by atoms with Crippen molar-refractivity contribution in [2.75, 3.05) is 14.2 Å². The van der Waals surface area contributed by atoms with E-state index in [1.165, 1.54) is 14.2 Å². The minimum Gasteiger partial charge on any atom is -0.493 e. The second-order valence-electron chi connectivity index (χ2n) is 5.03. The molecule has 21 heavy (non-hydrogen) atoms. The maximum Gasteiger partial charge on any atom is 0.307 e.